The number of halogens is 2. The zero-order chi connectivity index (χ0) is 20.9. The van der Waals surface area contributed by atoms with Gasteiger partial charge in [-0.15, -0.1) is 0 Å². The van der Waals surface area contributed by atoms with Crippen LogP contribution < -0.4 is 5.32 Å². The predicted molar refractivity (Wildman–Crippen MR) is 121 cm³/mol. The van der Waals surface area contributed by atoms with Crippen molar-refractivity contribution in [2.24, 2.45) is 0 Å². The average Bonchev–Trinajstić information content (AvgIpc) is 3.30. The molecular weight excluding hydrogens is 376 g/mol. The maximum absolute atomic E-state index is 13.7. The number of hydrogen-bond donors (Lipinski definition) is 1. The van der Waals surface area contributed by atoms with E-state index in [0.717, 1.165) is 19.5 Å². The van der Waals surface area contributed by atoms with E-state index >= 15 is 0 Å². The lowest BCUT2D eigenvalue weighted by Gasteiger charge is -2.10. The van der Waals surface area contributed by atoms with Gasteiger partial charge in [0.05, 0.1) is 5.56 Å². The molecule has 0 radical (unpaired) electrons. The van der Waals surface area contributed by atoms with Gasteiger partial charge in [0, 0.05) is 6.54 Å². The Hall–Kier alpha value is -3.04. The van der Waals surface area contributed by atoms with Crippen molar-refractivity contribution in [3.05, 3.63) is 108 Å². The summed E-state index contributed by atoms with van der Waals surface area (Å²) in [5, 5.41) is 6.00. The molecule has 1 atom stereocenters. The molecule has 1 saturated heterocycles. The van der Waals surface area contributed by atoms with Crippen molar-refractivity contribution in [2.45, 2.75) is 19.3 Å². The van der Waals surface area contributed by atoms with Crippen molar-refractivity contribution in [3.63, 3.8) is 0 Å². The summed E-state index contributed by atoms with van der Waals surface area (Å²) in [5.41, 5.74) is 3.22. The van der Waals surface area contributed by atoms with Crippen LogP contribution in [0.2, 0.25) is 0 Å². The molecule has 1 fully saturated rings. The number of rotatable bonds is 2. The van der Waals surface area contributed by atoms with Gasteiger partial charge in [-0.25, -0.2) is 8.78 Å². The van der Waals surface area contributed by atoms with E-state index in [2.05, 4.69) is 54.7 Å². The standard InChI is InChI=1S/C16H15F2N.C11H10/c17-14-2-1-3-15(18)16(14)12-6-4-11(5-7-12)13-8-9-19-10-13;1-9-5-4-7-10-6-2-3-8-11(9)10/h1-7,13,19H,8-10H2;2-8H,1H3. The molecule has 0 aliphatic carbocycles. The SMILES string of the molecule is Cc1cccc2ccccc12.Fc1cccc(F)c1-c1ccc(C2CCNC2)cc1. The Morgan fingerprint density at radius 3 is 2.10 bits per heavy atom. The van der Waals surface area contributed by atoms with Gasteiger partial charge in [-0.1, -0.05) is 72.8 Å². The highest BCUT2D eigenvalue weighted by Crippen LogP contribution is 2.29. The van der Waals surface area contributed by atoms with E-state index in [1.54, 1.807) is 12.1 Å². The Bertz CT molecular complexity index is 1100. The van der Waals surface area contributed by atoms with Crippen LogP contribution >= 0.6 is 0 Å². The highest BCUT2D eigenvalue weighted by Gasteiger charge is 2.17. The Balaban J connectivity index is 0.000000168. The first-order valence-corrected chi connectivity index (χ1v) is 10.3. The van der Waals surface area contributed by atoms with Crippen molar-refractivity contribution in [1.29, 1.82) is 0 Å². The molecule has 152 valence electrons. The Morgan fingerprint density at radius 1 is 0.767 bits per heavy atom. The molecule has 0 saturated carbocycles. The lowest BCUT2D eigenvalue weighted by atomic mass is 9.95. The lowest BCUT2D eigenvalue weighted by molar-refractivity contribution is 0.589. The Labute approximate surface area is 176 Å². The molecular formula is C27H25F2N. The average molecular weight is 402 g/mol. The fourth-order valence-electron chi connectivity index (χ4n) is 4.02. The van der Waals surface area contributed by atoms with E-state index in [0.29, 0.717) is 11.5 Å². The van der Waals surface area contributed by atoms with Gasteiger partial charge >= 0.3 is 0 Å². The van der Waals surface area contributed by atoms with Crippen LogP contribution in [0.1, 0.15) is 23.5 Å². The summed E-state index contributed by atoms with van der Waals surface area (Å²) < 4.78 is 27.4. The molecule has 0 spiro atoms. The molecule has 0 bridgehead atoms. The third-order valence-electron chi connectivity index (χ3n) is 5.70. The van der Waals surface area contributed by atoms with E-state index in [1.165, 1.54) is 40.1 Å². The maximum Gasteiger partial charge on any atom is 0.133 e. The first-order chi connectivity index (χ1) is 14.6. The molecule has 4 aromatic carbocycles. The largest absolute Gasteiger partial charge is 0.316 e. The van der Waals surface area contributed by atoms with Crippen molar-refractivity contribution in [3.8, 4) is 11.1 Å². The number of benzene rings is 4. The second-order valence-electron chi connectivity index (χ2n) is 7.70. The lowest BCUT2D eigenvalue weighted by Crippen LogP contribution is -2.07. The van der Waals surface area contributed by atoms with Crippen molar-refractivity contribution >= 4 is 10.8 Å². The summed E-state index contributed by atoms with van der Waals surface area (Å²) in [4.78, 5) is 0. The summed E-state index contributed by atoms with van der Waals surface area (Å²) in [7, 11) is 0. The first kappa shape index (κ1) is 20.2. The number of aryl methyl sites for hydroxylation is 1. The second kappa shape index (κ2) is 9.19. The fourth-order valence-corrected chi connectivity index (χ4v) is 4.02. The van der Waals surface area contributed by atoms with Gasteiger partial charge < -0.3 is 5.32 Å². The molecule has 1 aliphatic rings. The fraction of sp³-hybridized carbons (Fsp3) is 0.185. The molecule has 5 rings (SSSR count). The summed E-state index contributed by atoms with van der Waals surface area (Å²) in [6.45, 7) is 4.16. The normalized spacial score (nSPS) is 15.6. The molecule has 0 amide bonds. The highest BCUT2D eigenvalue weighted by atomic mass is 19.1. The maximum atomic E-state index is 13.7. The zero-order valence-corrected chi connectivity index (χ0v) is 17.0. The third kappa shape index (κ3) is 4.42. The molecule has 3 heteroatoms. The molecule has 1 unspecified atom stereocenters. The van der Waals surface area contributed by atoms with Crippen molar-refractivity contribution < 1.29 is 8.78 Å². The van der Waals surface area contributed by atoms with Crippen LogP contribution in [-0.4, -0.2) is 13.1 Å². The number of fused-ring (bicyclic) bond motifs is 1. The molecule has 1 N–H and O–H groups in total. The summed E-state index contributed by atoms with van der Waals surface area (Å²) in [5.74, 6) is -0.523. The number of nitrogens with one attached hydrogen (secondary N) is 1. The third-order valence-corrected chi connectivity index (χ3v) is 5.70. The molecule has 4 aromatic rings. The van der Waals surface area contributed by atoms with Gasteiger partial charge in [-0.05, 0) is 65.4 Å². The van der Waals surface area contributed by atoms with E-state index in [1.807, 2.05) is 12.1 Å². The summed E-state index contributed by atoms with van der Waals surface area (Å²) >= 11 is 0. The molecule has 0 aromatic heterocycles. The van der Waals surface area contributed by atoms with Crippen LogP contribution in [0.3, 0.4) is 0 Å². The van der Waals surface area contributed by atoms with Crippen LogP contribution in [0, 0.1) is 18.6 Å². The van der Waals surface area contributed by atoms with Gasteiger partial charge in [0.25, 0.3) is 0 Å². The van der Waals surface area contributed by atoms with Gasteiger partial charge in [0.1, 0.15) is 11.6 Å². The van der Waals surface area contributed by atoms with Crippen LogP contribution in [0.15, 0.2) is 84.9 Å². The van der Waals surface area contributed by atoms with Crippen LogP contribution in [0.5, 0.6) is 0 Å². The van der Waals surface area contributed by atoms with Crippen LogP contribution in [-0.2, 0) is 0 Å². The quantitative estimate of drug-likeness (QED) is 0.387. The van der Waals surface area contributed by atoms with E-state index in [-0.39, 0.29) is 5.56 Å². The molecule has 30 heavy (non-hydrogen) atoms. The van der Waals surface area contributed by atoms with Crippen LogP contribution in [0.25, 0.3) is 21.9 Å². The topological polar surface area (TPSA) is 12.0 Å². The van der Waals surface area contributed by atoms with E-state index in [4.69, 9.17) is 0 Å². The zero-order valence-electron chi connectivity index (χ0n) is 17.0. The number of hydrogen-bond acceptors (Lipinski definition) is 1. The minimum absolute atomic E-state index is 0.0543. The monoisotopic (exact) mass is 401 g/mol. The minimum Gasteiger partial charge on any atom is -0.316 e. The highest BCUT2D eigenvalue weighted by molar-refractivity contribution is 5.85. The second-order valence-corrected chi connectivity index (χ2v) is 7.70. The minimum atomic E-state index is -0.518. The van der Waals surface area contributed by atoms with E-state index < -0.39 is 11.6 Å². The summed E-state index contributed by atoms with van der Waals surface area (Å²) in [6, 6.07) is 26.3. The smallest absolute Gasteiger partial charge is 0.133 e. The van der Waals surface area contributed by atoms with Gasteiger partial charge in [-0.3, -0.25) is 0 Å². The van der Waals surface area contributed by atoms with Crippen molar-refractivity contribution in [2.75, 3.05) is 13.1 Å². The van der Waals surface area contributed by atoms with Crippen molar-refractivity contribution in [1.82, 2.24) is 5.32 Å². The molecule has 1 heterocycles. The Kier molecular flexibility index (Phi) is 6.20. The summed E-state index contributed by atoms with van der Waals surface area (Å²) in [6.07, 6.45) is 1.12. The Morgan fingerprint density at radius 2 is 1.43 bits per heavy atom. The van der Waals surface area contributed by atoms with Crippen LogP contribution in [0.4, 0.5) is 8.78 Å². The predicted octanol–water partition coefficient (Wildman–Crippen LogP) is 6.86. The molecule has 1 nitrogen and oxygen atoms in total. The molecule has 1 aliphatic heterocycles. The van der Waals surface area contributed by atoms with Gasteiger partial charge in [-0.2, -0.15) is 0 Å². The van der Waals surface area contributed by atoms with Gasteiger partial charge in [0.2, 0.25) is 0 Å². The first-order valence-electron chi connectivity index (χ1n) is 10.3. The van der Waals surface area contributed by atoms with E-state index in [9.17, 15) is 8.78 Å². The van der Waals surface area contributed by atoms with Gasteiger partial charge in [0.15, 0.2) is 0 Å².